The van der Waals surface area contributed by atoms with E-state index < -0.39 is 0 Å². The van der Waals surface area contributed by atoms with Crippen LogP contribution in [0.4, 0.5) is 5.69 Å². The number of halogens is 1. The Hall–Kier alpha value is -1.92. The largest absolute Gasteiger partial charge is 0.383 e. The summed E-state index contributed by atoms with van der Waals surface area (Å²) >= 11 is 5.97. The monoisotopic (exact) mass is 413 g/mol. The van der Waals surface area contributed by atoms with Crippen LogP contribution in [-0.4, -0.2) is 68.2 Å². The smallest absolute Gasteiger partial charge is 0.241 e. The third kappa shape index (κ3) is 4.81. The van der Waals surface area contributed by atoms with Crippen molar-refractivity contribution in [1.29, 1.82) is 0 Å². The molecule has 0 bridgehead atoms. The van der Waals surface area contributed by atoms with Crippen molar-refractivity contribution in [3.63, 3.8) is 0 Å². The quantitative estimate of drug-likeness (QED) is 0.729. The Morgan fingerprint density at radius 1 is 1.03 bits per heavy atom. The maximum atomic E-state index is 13.2. The molecule has 0 aromatic heterocycles. The molecule has 2 aliphatic heterocycles. The molecular weight excluding hydrogens is 386 g/mol. The summed E-state index contributed by atoms with van der Waals surface area (Å²) in [6, 6.07) is 16.3. The molecule has 29 heavy (non-hydrogen) atoms. The first-order chi connectivity index (χ1) is 14.1. The highest BCUT2D eigenvalue weighted by atomic mass is 35.5. The minimum absolute atomic E-state index is 0.0936. The zero-order valence-corrected chi connectivity index (χ0v) is 17.6. The number of piperazine rings is 1. The third-order valence-corrected chi connectivity index (χ3v) is 6.09. The second-order valence-electron chi connectivity index (χ2n) is 7.88. The number of carbonyl (C=O) groups excluding carboxylic acids is 1. The molecule has 0 N–H and O–H groups in total. The van der Waals surface area contributed by atoms with Crippen LogP contribution in [0.1, 0.15) is 11.1 Å². The van der Waals surface area contributed by atoms with Crippen molar-refractivity contribution in [3.05, 3.63) is 64.7 Å². The summed E-state index contributed by atoms with van der Waals surface area (Å²) in [5, 5.41) is 0.771. The summed E-state index contributed by atoms with van der Waals surface area (Å²) < 4.78 is 5.38. The molecule has 2 aromatic carbocycles. The molecule has 0 radical (unpaired) electrons. The van der Waals surface area contributed by atoms with Crippen molar-refractivity contribution >= 4 is 23.2 Å². The molecule has 154 valence electrons. The van der Waals surface area contributed by atoms with Crippen molar-refractivity contribution in [2.24, 2.45) is 0 Å². The molecule has 1 atom stereocenters. The number of carbonyl (C=O) groups is 1. The van der Waals surface area contributed by atoms with Crippen LogP contribution in [0.25, 0.3) is 0 Å². The van der Waals surface area contributed by atoms with Gasteiger partial charge >= 0.3 is 0 Å². The van der Waals surface area contributed by atoms with Crippen molar-refractivity contribution < 1.29 is 9.53 Å². The van der Waals surface area contributed by atoms with E-state index in [1.165, 1.54) is 11.1 Å². The molecule has 6 heteroatoms. The van der Waals surface area contributed by atoms with Gasteiger partial charge in [0, 0.05) is 50.5 Å². The van der Waals surface area contributed by atoms with Crippen LogP contribution in [0, 0.1) is 0 Å². The van der Waals surface area contributed by atoms with Gasteiger partial charge in [0.15, 0.2) is 0 Å². The van der Waals surface area contributed by atoms with Crippen LogP contribution >= 0.6 is 11.6 Å². The van der Waals surface area contributed by atoms with E-state index in [1.807, 2.05) is 35.2 Å². The Kier molecular flexibility index (Phi) is 6.50. The summed E-state index contributed by atoms with van der Waals surface area (Å²) in [7, 11) is 1.70. The fourth-order valence-corrected chi connectivity index (χ4v) is 4.47. The normalized spacial score (nSPS) is 20.1. The molecule has 4 rings (SSSR count). The van der Waals surface area contributed by atoms with Crippen molar-refractivity contribution in [3.8, 4) is 0 Å². The predicted octanol–water partition coefficient (Wildman–Crippen LogP) is 3.06. The van der Waals surface area contributed by atoms with Crippen molar-refractivity contribution in [1.82, 2.24) is 9.80 Å². The lowest BCUT2D eigenvalue weighted by molar-refractivity contribution is -0.120. The van der Waals surface area contributed by atoms with E-state index in [9.17, 15) is 4.79 Å². The summed E-state index contributed by atoms with van der Waals surface area (Å²) in [5.74, 6) is 0.170. The maximum absolute atomic E-state index is 13.2. The lowest BCUT2D eigenvalue weighted by Gasteiger charge is -2.35. The number of anilines is 1. The Labute approximate surface area is 177 Å². The molecule has 2 aliphatic rings. The van der Waals surface area contributed by atoms with Crippen molar-refractivity contribution in [2.45, 2.75) is 19.0 Å². The van der Waals surface area contributed by atoms with E-state index in [4.69, 9.17) is 16.3 Å². The first-order valence-corrected chi connectivity index (χ1v) is 10.6. The topological polar surface area (TPSA) is 36.0 Å². The van der Waals surface area contributed by atoms with Crippen LogP contribution < -0.4 is 4.90 Å². The fourth-order valence-electron chi connectivity index (χ4n) is 4.35. The van der Waals surface area contributed by atoms with Crippen LogP contribution in [0.5, 0.6) is 0 Å². The highest BCUT2D eigenvalue weighted by molar-refractivity contribution is 6.30. The molecule has 1 fully saturated rings. The minimum atomic E-state index is 0.0936. The standard InChI is InChI=1S/C23H28ClN3O2/c1-29-17-21-14-19-4-2-3-5-22(19)27(21)23(28)16-26-12-10-25(11-13-26)15-18-6-8-20(24)9-7-18/h2-9,21H,10-17H2,1H3. The Morgan fingerprint density at radius 3 is 2.45 bits per heavy atom. The van der Waals surface area contributed by atoms with Crippen LogP contribution in [-0.2, 0) is 22.5 Å². The number of nitrogens with zero attached hydrogens (tertiary/aromatic N) is 3. The molecule has 1 saturated heterocycles. The van der Waals surface area contributed by atoms with Gasteiger partial charge in [-0.15, -0.1) is 0 Å². The maximum Gasteiger partial charge on any atom is 0.241 e. The lowest BCUT2D eigenvalue weighted by atomic mass is 10.1. The first-order valence-electron chi connectivity index (χ1n) is 10.2. The van der Waals surface area contributed by atoms with E-state index in [0.29, 0.717) is 13.2 Å². The van der Waals surface area contributed by atoms with E-state index >= 15 is 0 Å². The highest BCUT2D eigenvalue weighted by Crippen LogP contribution is 2.32. The van der Waals surface area contributed by atoms with Gasteiger partial charge in [-0.25, -0.2) is 0 Å². The van der Waals surface area contributed by atoms with Gasteiger partial charge in [0.05, 0.1) is 19.2 Å². The van der Waals surface area contributed by atoms with Gasteiger partial charge in [0.25, 0.3) is 0 Å². The summed E-state index contributed by atoms with van der Waals surface area (Å²) in [5.41, 5.74) is 3.55. The molecule has 2 aromatic rings. The zero-order valence-electron chi connectivity index (χ0n) is 16.9. The van der Waals surface area contributed by atoms with Gasteiger partial charge in [-0.3, -0.25) is 14.6 Å². The van der Waals surface area contributed by atoms with Gasteiger partial charge in [-0.2, -0.15) is 0 Å². The van der Waals surface area contributed by atoms with Gasteiger partial charge in [0.1, 0.15) is 0 Å². The molecule has 5 nitrogen and oxygen atoms in total. The molecule has 2 heterocycles. The second-order valence-corrected chi connectivity index (χ2v) is 8.32. The highest BCUT2D eigenvalue weighted by Gasteiger charge is 2.34. The summed E-state index contributed by atoms with van der Waals surface area (Å²) in [6.45, 7) is 5.70. The van der Waals surface area contributed by atoms with Gasteiger partial charge in [-0.1, -0.05) is 41.9 Å². The number of rotatable bonds is 6. The van der Waals surface area contributed by atoms with Gasteiger partial charge < -0.3 is 9.64 Å². The average molecular weight is 414 g/mol. The fraction of sp³-hybridized carbons (Fsp3) is 0.435. The van der Waals surface area contributed by atoms with Crippen LogP contribution in [0.15, 0.2) is 48.5 Å². The van der Waals surface area contributed by atoms with Gasteiger partial charge in [0.2, 0.25) is 5.91 Å². The molecule has 0 saturated carbocycles. The lowest BCUT2D eigenvalue weighted by Crippen LogP contribution is -2.51. The number of fused-ring (bicyclic) bond motifs is 1. The Bertz CT molecular complexity index is 834. The SMILES string of the molecule is COCC1Cc2ccccc2N1C(=O)CN1CCN(Cc2ccc(Cl)cc2)CC1. The van der Waals surface area contributed by atoms with E-state index in [1.54, 1.807) is 7.11 Å². The first kappa shape index (κ1) is 20.4. The molecular formula is C23H28ClN3O2. The number of hydrogen-bond donors (Lipinski definition) is 0. The molecule has 1 unspecified atom stereocenters. The second kappa shape index (κ2) is 9.26. The van der Waals surface area contributed by atoms with Crippen LogP contribution in [0.2, 0.25) is 5.02 Å². The Morgan fingerprint density at radius 2 is 1.72 bits per heavy atom. The van der Waals surface area contributed by atoms with E-state index in [0.717, 1.165) is 49.9 Å². The van der Waals surface area contributed by atoms with Gasteiger partial charge in [-0.05, 0) is 35.7 Å². The number of hydrogen-bond acceptors (Lipinski definition) is 4. The van der Waals surface area contributed by atoms with E-state index in [2.05, 4.69) is 28.0 Å². The number of amides is 1. The summed E-state index contributed by atoms with van der Waals surface area (Å²) in [6.07, 6.45) is 0.866. The molecule has 1 amide bonds. The minimum Gasteiger partial charge on any atom is -0.383 e. The predicted molar refractivity (Wildman–Crippen MR) is 116 cm³/mol. The zero-order chi connectivity index (χ0) is 20.2. The number of methoxy groups -OCH3 is 1. The summed E-state index contributed by atoms with van der Waals surface area (Å²) in [4.78, 5) is 19.8. The average Bonchev–Trinajstić information content (AvgIpc) is 3.09. The number of para-hydroxylation sites is 1. The molecule has 0 aliphatic carbocycles. The number of ether oxygens (including phenoxy) is 1. The number of benzene rings is 2. The van der Waals surface area contributed by atoms with E-state index in [-0.39, 0.29) is 11.9 Å². The van der Waals surface area contributed by atoms with Crippen molar-refractivity contribution in [2.75, 3.05) is 51.3 Å². The Balaban J connectivity index is 1.33. The molecule has 0 spiro atoms. The third-order valence-electron chi connectivity index (χ3n) is 5.84. The van der Waals surface area contributed by atoms with Crippen LogP contribution in [0.3, 0.4) is 0 Å².